The highest BCUT2D eigenvalue weighted by Crippen LogP contribution is 2.09. The van der Waals surface area contributed by atoms with Gasteiger partial charge in [0, 0.05) is 6.42 Å². The molecular formula is C6H7BrN2. The summed E-state index contributed by atoms with van der Waals surface area (Å²) in [5.41, 5.74) is 5.45. The van der Waals surface area contributed by atoms with Crippen LogP contribution in [0, 0.1) is 0 Å². The fourth-order valence-electron chi connectivity index (χ4n) is 0.556. The number of hydrogen-bond donors (Lipinski definition) is 1. The molecule has 0 fully saturated rings. The molecule has 3 heteroatoms. The van der Waals surface area contributed by atoms with Crippen molar-refractivity contribution in [3.8, 4) is 0 Å². The molecule has 0 amide bonds. The molecule has 2 N–H and O–H groups in total. The summed E-state index contributed by atoms with van der Waals surface area (Å²) in [5.74, 6) is 0.645. The van der Waals surface area contributed by atoms with E-state index in [-0.39, 0.29) is 0 Å². The van der Waals surface area contributed by atoms with Crippen molar-refractivity contribution in [1.82, 2.24) is 0 Å². The second-order valence-electron chi connectivity index (χ2n) is 1.72. The van der Waals surface area contributed by atoms with Gasteiger partial charge in [0.25, 0.3) is 0 Å². The van der Waals surface area contributed by atoms with Gasteiger partial charge in [-0.25, -0.2) is 4.99 Å². The van der Waals surface area contributed by atoms with E-state index in [9.17, 15) is 0 Å². The van der Waals surface area contributed by atoms with Crippen molar-refractivity contribution in [2.45, 2.75) is 6.42 Å². The normalized spacial score (nSPS) is 18.3. The Bertz CT molecular complexity index is 191. The highest BCUT2D eigenvalue weighted by atomic mass is 79.9. The van der Waals surface area contributed by atoms with Crippen LogP contribution in [-0.2, 0) is 0 Å². The van der Waals surface area contributed by atoms with Crippen LogP contribution < -0.4 is 5.73 Å². The van der Waals surface area contributed by atoms with Gasteiger partial charge in [-0.1, -0.05) is 12.2 Å². The summed E-state index contributed by atoms with van der Waals surface area (Å²) < 4.78 is 0.786. The first-order valence-electron chi connectivity index (χ1n) is 2.64. The minimum atomic E-state index is 0.645. The third-order valence-electron chi connectivity index (χ3n) is 0.947. The van der Waals surface area contributed by atoms with E-state index < -0.39 is 0 Å². The van der Waals surface area contributed by atoms with Crippen molar-refractivity contribution >= 4 is 21.8 Å². The number of aliphatic imine (C=N–C) groups is 1. The van der Waals surface area contributed by atoms with Crippen LogP contribution in [-0.4, -0.2) is 5.84 Å². The van der Waals surface area contributed by atoms with E-state index in [0.717, 1.165) is 11.0 Å². The number of allylic oxidation sites excluding steroid dienone is 2. The Morgan fingerprint density at radius 2 is 2.44 bits per heavy atom. The standard InChI is InChI=1S/C6H7BrN2/c7-5-3-1-2-4-6(8)9-5/h1-3H,4H2,(H2,8,9). The van der Waals surface area contributed by atoms with Crippen molar-refractivity contribution in [2.75, 3.05) is 0 Å². The lowest BCUT2D eigenvalue weighted by molar-refractivity contribution is 1.37. The molecule has 0 spiro atoms. The van der Waals surface area contributed by atoms with E-state index in [1.54, 1.807) is 0 Å². The molecule has 0 radical (unpaired) electrons. The SMILES string of the molecule is NC1=NC(Br)=CC=CC1. The van der Waals surface area contributed by atoms with Crippen LogP contribution in [0.2, 0.25) is 0 Å². The van der Waals surface area contributed by atoms with Crippen LogP contribution >= 0.6 is 15.9 Å². The number of amidine groups is 1. The third-order valence-corrected chi connectivity index (χ3v) is 1.39. The monoisotopic (exact) mass is 186 g/mol. The summed E-state index contributed by atoms with van der Waals surface area (Å²) in [7, 11) is 0. The molecule has 1 heterocycles. The van der Waals surface area contributed by atoms with Crippen LogP contribution in [0.15, 0.2) is 27.8 Å². The summed E-state index contributed by atoms with van der Waals surface area (Å²) >= 11 is 3.22. The molecule has 1 rings (SSSR count). The molecule has 0 aliphatic carbocycles. The maximum Gasteiger partial charge on any atom is 0.108 e. The van der Waals surface area contributed by atoms with Gasteiger partial charge in [0.15, 0.2) is 0 Å². The second kappa shape index (κ2) is 2.82. The van der Waals surface area contributed by atoms with E-state index in [0.29, 0.717) is 5.84 Å². The topological polar surface area (TPSA) is 38.4 Å². The molecule has 0 unspecified atom stereocenters. The van der Waals surface area contributed by atoms with E-state index in [1.165, 1.54) is 0 Å². The van der Waals surface area contributed by atoms with Gasteiger partial charge in [-0.15, -0.1) is 0 Å². The summed E-state index contributed by atoms with van der Waals surface area (Å²) in [5, 5.41) is 0. The average Bonchev–Trinajstić information content (AvgIpc) is 1.93. The maximum absolute atomic E-state index is 5.45. The van der Waals surface area contributed by atoms with Crippen molar-refractivity contribution < 1.29 is 0 Å². The Morgan fingerprint density at radius 3 is 3.22 bits per heavy atom. The highest BCUT2D eigenvalue weighted by Gasteiger charge is 1.92. The fraction of sp³-hybridized carbons (Fsp3) is 0.167. The molecule has 0 aromatic heterocycles. The van der Waals surface area contributed by atoms with E-state index >= 15 is 0 Å². The van der Waals surface area contributed by atoms with Gasteiger partial charge in [-0.05, 0) is 22.0 Å². The molecule has 9 heavy (non-hydrogen) atoms. The Labute approximate surface area is 62.3 Å². The fourth-order valence-corrected chi connectivity index (χ4v) is 0.937. The minimum Gasteiger partial charge on any atom is -0.387 e. The molecule has 1 aliphatic rings. The molecule has 48 valence electrons. The van der Waals surface area contributed by atoms with E-state index in [2.05, 4.69) is 20.9 Å². The molecule has 0 saturated carbocycles. The Kier molecular flexibility index (Phi) is 2.05. The summed E-state index contributed by atoms with van der Waals surface area (Å²) in [4.78, 5) is 3.99. The number of nitrogens with zero attached hydrogens (tertiary/aromatic N) is 1. The average molecular weight is 187 g/mol. The van der Waals surface area contributed by atoms with Gasteiger partial charge >= 0.3 is 0 Å². The minimum absolute atomic E-state index is 0.645. The van der Waals surface area contributed by atoms with E-state index in [1.807, 2.05) is 18.2 Å². The van der Waals surface area contributed by atoms with Gasteiger partial charge < -0.3 is 5.73 Å². The molecule has 0 saturated heterocycles. The Morgan fingerprint density at radius 1 is 1.67 bits per heavy atom. The van der Waals surface area contributed by atoms with Crippen LogP contribution in [0.25, 0.3) is 0 Å². The summed E-state index contributed by atoms with van der Waals surface area (Å²) in [6, 6.07) is 0. The lowest BCUT2D eigenvalue weighted by Crippen LogP contribution is -2.08. The number of nitrogens with two attached hydrogens (primary N) is 1. The molecular weight excluding hydrogens is 180 g/mol. The number of halogens is 1. The zero-order valence-corrected chi connectivity index (χ0v) is 6.43. The second-order valence-corrected chi connectivity index (χ2v) is 2.54. The molecule has 0 aromatic carbocycles. The smallest absolute Gasteiger partial charge is 0.108 e. The largest absolute Gasteiger partial charge is 0.387 e. The van der Waals surface area contributed by atoms with Gasteiger partial charge in [0.2, 0.25) is 0 Å². The first-order chi connectivity index (χ1) is 4.29. The van der Waals surface area contributed by atoms with Crippen LogP contribution in [0.5, 0.6) is 0 Å². The third kappa shape index (κ3) is 2.01. The first kappa shape index (κ1) is 6.55. The number of rotatable bonds is 0. The highest BCUT2D eigenvalue weighted by molar-refractivity contribution is 9.11. The summed E-state index contributed by atoms with van der Waals surface area (Å²) in [6.45, 7) is 0. The van der Waals surface area contributed by atoms with Gasteiger partial charge in [0.1, 0.15) is 10.4 Å². The first-order valence-corrected chi connectivity index (χ1v) is 3.44. The van der Waals surface area contributed by atoms with Gasteiger partial charge in [-0.3, -0.25) is 0 Å². The van der Waals surface area contributed by atoms with Gasteiger partial charge in [-0.2, -0.15) is 0 Å². The Hall–Kier alpha value is -0.570. The molecule has 2 nitrogen and oxygen atoms in total. The zero-order chi connectivity index (χ0) is 6.69. The van der Waals surface area contributed by atoms with Crippen molar-refractivity contribution in [2.24, 2.45) is 10.7 Å². The lowest BCUT2D eigenvalue weighted by atomic mass is 10.4. The van der Waals surface area contributed by atoms with E-state index in [4.69, 9.17) is 5.73 Å². The molecule has 1 aliphatic heterocycles. The number of hydrogen-bond acceptors (Lipinski definition) is 2. The predicted molar refractivity (Wildman–Crippen MR) is 42.4 cm³/mol. The molecule has 0 atom stereocenters. The van der Waals surface area contributed by atoms with Crippen LogP contribution in [0.3, 0.4) is 0 Å². The predicted octanol–water partition coefficient (Wildman–Crippen LogP) is 1.54. The molecule has 0 aromatic rings. The van der Waals surface area contributed by atoms with Crippen molar-refractivity contribution in [3.05, 3.63) is 22.8 Å². The quantitative estimate of drug-likeness (QED) is 0.574. The van der Waals surface area contributed by atoms with Gasteiger partial charge in [0.05, 0.1) is 0 Å². The van der Waals surface area contributed by atoms with Crippen molar-refractivity contribution in [1.29, 1.82) is 0 Å². The van der Waals surface area contributed by atoms with Crippen molar-refractivity contribution in [3.63, 3.8) is 0 Å². The molecule has 0 bridgehead atoms. The van der Waals surface area contributed by atoms with Crippen LogP contribution in [0.1, 0.15) is 6.42 Å². The zero-order valence-electron chi connectivity index (χ0n) is 4.84. The Balaban J connectivity index is 2.82. The maximum atomic E-state index is 5.45. The summed E-state index contributed by atoms with van der Waals surface area (Å²) in [6.07, 6.45) is 6.49. The lowest BCUT2D eigenvalue weighted by Gasteiger charge is -1.89. The van der Waals surface area contributed by atoms with Crippen LogP contribution in [0.4, 0.5) is 0 Å².